The molecule has 1 aromatic heterocycles. The van der Waals surface area contributed by atoms with Crippen molar-refractivity contribution in [2.75, 3.05) is 6.61 Å². The molecule has 2 atom stereocenters. The Hall–Kier alpha value is -2.79. The minimum Gasteiger partial charge on any atom is -0.374 e. The van der Waals surface area contributed by atoms with Gasteiger partial charge in [-0.25, -0.2) is 13.5 Å². The standard InChI is InChI=1S/C25H26F2N2O/c1-4-30-24(18-6-5-7-21(27)13-18)15-25(3)14-19-16-28-29(23(19)12-17(25)2)22-10-8-20(26)9-11-22/h5-13,16,24H,4,14-15H2,1-3H3/t24?,25-/m1/s1. The SMILES string of the molecule is CCOC(C[C@@]1(C)Cc2cnn(-c3ccc(F)cc3)c2C=C1C)c1cccc(F)c1. The number of hydrogen-bond donors (Lipinski definition) is 0. The summed E-state index contributed by atoms with van der Waals surface area (Å²) in [5, 5.41) is 4.55. The molecule has 0 saturated heterocycles. The van der Waals surface area contributed by atoms with E-state index in [1.54, 1.807) is 24.3 Å². The topological polar surface area (TPSA) is 27.1 Å². The molecule has 1 aliphatic rings. The summed E-state index contributed by atoms with van der Waals surface area (Å²) in [5.41, 5.74) is 4.93. The molecule has 2 aromatic carbocycles. The van der Waals surface area contributed by atoms with Crippen molar-refractivity contribution in [1.82, 2.24) is 9.78 Å². The summed E-state index contributed by atoms with van der Waals surface area (Å²) in [6.07, 6.45) is 5.41. The zero-order valence-electron chi connectivity index (χ0n) is 17.5. The molecule has 4 rings (SSSR count). The Morgan fingerprint density at radius 2 is 1.90 bits per heavy atom. The molecule has 0 spiro atoms. The zero-order chi connectivity index (χ0) is 21.3. The third kappa shape index (κ3) is 3.94. The first-order chi connectivity index (χ1) is 14.4. The second-order valence-electron chi connectivity index (χ2n) is 8.21. The van der Waals surface area contributed by atoms with Crippen molar-refractivity contribution in [3.8, 4) is 5.69 Å². The van der Waals surface area contributed by atoms with E-state index in [2.05, 4.69) is 25.0 Å². The molecule has 0 bridgehead atoms. The van der Waals surface area contributed by atoms with Crippen molar-refractivity contribution in [2.24, 2.45) is 5.41 Å². The monoisotopic (exact) mass is 408 g/mol. The number of aromatic nitrogens is 2. The first kappa shape index (κ1) is 20.5. The van der Waals surface area contributed by atoms with Crippen molar-refractivity contribution in [3.05, 3.63) is 88.8 Å². The number of hydrogen-bond acceptors (Lipinski definition) is 2. The summed E-state index contributed by atoms with van der Waals surface area (Å²) < 4.78 is 35.0. The minimum absolute atomic E-state index is 0.143. The average Bonchev–Trinajstić information content (AvgIpc) is 3.11. The highest BCUT2D eigenvalue weighted by molar-refractivity contribution is 5.60. The minimum atomic E-state index is -0.265. The van der Waals surface area contributed by atoms with E-state index in [1.165, 1.54) is 23.8 Å². The summed E-state index contributed by atoms with van der Waals surface area (Å²) in [5.74, 6) is -0.514. The van der Waals surface area contributed by atoms with Crippen LogP contribution < -0.4 is 0 Å². The molecule has 156 valence electrons. The molecule has 3 aromatic rings. The molecule has 0 amide bonds. The number of ether oxygens (including phenoxy) is 1. The lowest BCUT2D eigenvalue weighted by Gasteiger charge is -2.37. The number of benzene rings is 2. The molecular weight excluding hydrogens is 382 g/mol. The molecule has 3 nitrogen and oxygen atoms in total. The zero-order valence-corrected chi connectivity index (χ0v) is 17.5. The van der Waals surface area contributed by atoms with E-state index in [1.807, 2.05) is 23.9 Å². The number of halogens is 2. The van der Waals surface area contributed by atoms with Crippen LogP contribution >= 0.6 is 0 Å². The summed E-state index contributed by atoms with van der Waals surface area (Å²) in [6.45, 7) is 6.87. The Kier molecular flexibility index (Phi) is 5.56. The van der Waals surface area contributed by atoms with E-state index in [4.69, 9.17) is 4.74 Å². The van der Waals surface area contributed by atoms with Gasteiger partial charge in [-0.2, -0.15) is 5.10 Å². The van der Waals surface area contributed by atoms with Crippen LogP contribution in [0.3, 0.4) is 0 Å². The van der Waals surface area contributed by atoms with Crippen LogP contribution in [0.5, 0.6) is 0 Å². The summed E-state index contributed by atoms with van der Waals surface area (Å²) in [7, 11) is 0. The molecule has 1 unspecified atom stereocenters. The van der Waals surface area contributed by atoms with Gasteiger partial charge in [0.15, 0.2) is 0 Å². The maximum absolute atomic E-state index is 13.8. The Morgan fingerprint density at radius 1 is 1.13 bits per heavy atom. The van der Waals surface area contributed by atoms with Gasteiger partial charge in [0.2, 0.25) is 0 Å². The fourth-order valence-electron chi connectivity index (χ4n) is 4.23. The smallest absolute Gasteiger partial charge is 0.123 e. The van der Waals surface area contributed by atoms with Crippen molar-refractivity contribution < 1.29 is 13.5 Å². The van der Waals surface area contributed by atoms with Crippen molar-refractivity contribution in [3.63, 3.8) is 0 Å². The van der Waals surface area contributed by atoms with Crippen molar-refractivity contribution in [2.45, 2.75) is 39.7 Å². The lowest BCUT2D eigenvalue weighted by atomic mass is 9.70. The molecule has 0 fully saturated rings. The molecule has 0 saturated carbocycles. The van der Waals surface area contributed by atoms with Crippen LogP contribution in [0.1, 0.15) is 50.1 Å². The third-order valence-corrected chi connectivity index (χ3v) is 6.07. The van der Waals surface area contributed by atoms with E-state index >= 15 is 0 Å². The second kappa shape index (κ2) is 8.15. The summed E-state index contributed by atoms with van der Waals surface area (Å²) in [6, 6.07) is 13.0. The van der Waals surface area contributed by atoms with Gasteiger partial charge >= 0.3 is 0 Å². The lowest BCUT2D eigenvalue weighted by Crippen LogP contribution is -2.28. The highest BCUT2D eigenvalue weighted by Gasteiger charge is 2.36. The fourth-order valence-corrected chi connectivity index (χ4v) is 4.23. The molecule has 30 heavy (non-hydrogen) atoms. The first-order valence-corrected chi connectivity index (χ1v) is 10.3. The molecule has 1 aliphatic carbocycles. The first-order valence-electron chi connectivity index (χ1n) is 10.3. The van der Waals surface area contributed by atoms with Gasteiger partial charge in [-0.3, -0.25) is 0 Å². The lowest BCUT2D eigenvalue weighted by molar-refractivity contribution is 0.0322. The predicted octanol–water partition coefficient (Wildman–Crippen LogP) is 6.28. The van der Waals surface area contributed by atoms with E-state index < -0.39 is 0 Å². The van der Waals surface area contributed by atoms with Gasteiger partial charge in [0.25, 0.3) is 0 Å². The Bertz CT molecular complexity index is 1070. The van der Waals surface area contributed by atoms with Gasteiger partial charge in [0, 0.05) is 6.61 Å². The Balaban J connectivity index is 1.64. The van der Waals surface area contributed by atoms with Crippen LogP contribution in [0.25, 0.3) is 11.8 Å². The molecule has 1 heterocycles. The van der Waals surface area contributed by atoms with Gasteiger partial charge < -0.3 is 4.74 Å². The van der Waals surface area contributed by atoms with Gasteiger partial charge in [0.1, 0.15) is 11.6 Å². The van der Waals surface area contributed by atoms with Crippen molar-refractivity contribution >= 4 is 6.08 Å². The number of fused-ring (bicyclic) bond motifs is 1. The average molecular weight is 408 g/mol. The summed E-state index contributed by atoms with van der Waals surface area (Å²) in [4.78, 5) is 0. The van der Waals surface area contributed by atoms with Crippen LogP contribution in [0.15, 0.2) is 60.3 Å². The van der Waals surface area contributed by atoms with Crippen LogP contribution in [0.2, 0.25) is 0 Å². The normalized spacial score (nSPS) is 19.3. The molecule has 0 N–H and O–H groups in total. The van der Waals surface area contributed by atoms with Gasteiger partial charge in [-0.05, 0) is 85.7 Å². The molecule has 5 heteroatoms. The third-order valence-electron chi connectivity index (χ3n) is 6.07. The van der Waals surface area contributed by atoms with E-state index in [0.717, 1.165) is 35.3 Å². The van der Waals surface area contributed by atoms with Crippen LogP contribution in [-0.2, 0) is 11.2 Å². The van der Waals surface area contributed by atoms with Gasteiger partial charge in [-0.1, -0.05) is 24.6 Å². The highest BCUT2D eigenvalue weighted by atomic mass is 19.1. The summed E-state index contributed by atoms with van der Waals surface area (Å²) >= 11 is 0. The largest absolute Gasteiger partial charge is 0.374 e. The van der Waals surface area contributed by atoms with E-state index in [-0.39, 0.29) is 23.2 Å². The van der Waals surface area contributed by atoms with Crippen molar-refractivity contribution in [1.29, 1.82) is 0 Å². The Morgan fingerprint density at radius 3 is 2.60 bits per heavy atom. The van der Waals surface area contributed by atoms with Gasteiger partial charge in [0.05, 0.1) is 23.7 Å². The predicted molar refractivity (Wildman–Crippen MR) is 114 cm³/mol. The number of rotatable bonds is 6. The molecular formula is C25H26F2N2O. The highest BCUT2D eigenvalue weighted by Crippen LogP contribution is 2.45. The molecule has 0 radical (unpaired) electrons. The van der Waals surface area contributed by atoms with Crippen LogP contribution in [-0.4, -0.2) is 16.4 Å². The molecule has 0 aliphatic heterocycles. The van der Waals surface area contributed by atoms with Crippen LogP contribution in [0.4, 0.5) is 8.78 Å². The second-order valence-corrected chi connectivity index (χ2v) is 8.21. The Labute approximate surface area is 176 Å². The van der Waals surface area contributed by atoms with E-state index in [9.17, 15) is 8.78 Å². The number of nitrogens with zero attached hydrogens (tertiary/aromatic N) is 2. The van der Waals surface area contributed by atoms with Gasteiger partial charge in [-0.15, -0.1) is 0 Å². The van der Waals surface area contributed by atoms with Crippen LogP contribution in [0, 0.1) is 17.0 Å². The number of allylic oxidation sites excluding steroid dienone is 1. The maximum Gasteiger partial charge on any atom is 0.123 e. The quantitative estimate of drug-likeness (QED) is 0.480. The van der Waals surface area contributed by atoms with E-state index in [0.29, 0.717) is 6.61 Å². The fraction of sp³-hybridized carbons (Fsp3) is 0.320. The maximum atomic E-state index is 13.8.